The van der Waals surface area contributed by atoms with Crippen LogP contribution < -0.4 is 9.64 Å². The van der Waals surface area contributed by atoms with Crippen molar-refractivity contribution >= 4 is 5.82 Å². The zero-order valence-electron chi connectivity index (χ0n) is 19.6. The van der Waals surface area contributed by atoms with Crippen molar-refractivity contribution in [1.29, 1.82) is 0 Å². The number of halogens is 1. The molecule has 174 valence electrons. The van der Waals surface area contributed by atoms with Gasteiger partial charge >= 0.3 is 0 Å². The Morgan fingerprint density at radius 3 is 2.33 bits per heavy atom. The van der Waals surface area contributed by atoms with Crippen LogP contribution in [0.1, 0.15) is 39.5 Å². The Labute approximate surface area is 194 Å². The molecule has 0 saturated heterocycles. The number of aromatic hydroxyl groups is 1. The smallest absolute Gasteiger partial charge is 0.255 e. The fraction of sp³-hybridized carbons (Fsp3) is 0.423. The van der Waals surface area contributed by atoms with Gasteiger partial charge in [0.1, 0.15) is 5.75 Å². The number of hydrogen-bond acceptors (Lipinski definition) is 6. The number of rotatable bonds is 5. The normalized spacial score (nSPS) is 20.8. The first-order chi connectivity index (χ1) is 15.9. The summed E-state index contributed by atoms with van der Waals surface area (Å²) in [6.45, 7) is 4.66. The van der Waals surface area contributed by atoms with Gasteiger partial charge in [0, 0.05) is 30.4 Å². The molecule has 1 fully saturated rings. The highest BCUT2D eigenvalue weighted by Crippen LogP contribution is 2.35. The second-order valence-electron chi connectivity index (χ2n) is 9.25. The van der Waals surface area contributed by atoms with Crippen molar-refractivity contribution in [2.24, 2.45) is 11.8 Å². The van der Waals surface area contributed by atoms with E-state index in [0.29, 0.717) is 40.3 Å². The lowest BCUT2D eigenvalue weighted by atomic mass is 9.98. The molecule has 0 aliphatic heterocycles. The van der Waals surface area contributed by atoms with Crippen LogP contribution in [0.4, 0.5) is 10.2 Å². The van der Waals surface area contributed by atoms with Crippen molar-refractivity contribution < 1.29 is 14.2 Å². The molecule has 1 aliphatic carbocycles. The lowest BCUT2D eigenvalue weighted by molar-refractivity contribution is 0.378. The van der Waals surface area contributed by atoms with Gasteiger partial charge in [-0.1, -0.05) is 32.8 Å². The number of benzene rings is 1. The molecule has 0 radical (unpaired) electrons. The molecule has 1 aromatic carbocycles. The van der Waals surface area contributed by atoms with Crippen LogP contribution in [-0.4, -0.2) is 40.5 Å². The van der Waals surface area contributed by atoms with E-state index in [1.54, 1.807) is 18.2 Å². The molecule has 1 saturated carbocycles. The minimum atomic E-state index is -0.671. The topological polar surface area (TPSA) is 71.4 Å². The second kappa shape index (κ2) is 9.73. The summed E-state index contributed by atoms with van der Waals surface area (Å²) in [7, 11) is 3.48. The van der Waals surface area contributed by atoms with E-state index in [0.717, 1.165) is 18.7 Å². The number of phenolic OH excluding ortho intramolecular Hbond substituents is 1. The Bertz CT molecular complexity index is 1090. The third-order valence-corrected chi connectivity index (χ3v) is 6.69. The number of ether oxygens (including phenoxy) is 1. The zero-order valence-corrected chi connectivity index (χ0v) is 19.6. The zero-order chi connectivity index (χ0) is 23.5. The summed E-state index contributed by atoms with van der Waals surface area (Å²) in [6, 6.07) is 11.1. The van der Waals surface area contributed by atoms with Crippen molar-refractivity contribution in [3.63, 3.8) is 0 Å². The van der Waals surface area contributed by atoms with Gasteiger partial charge in [0.25, 0.3) is 5.95 Å². The number of hydrogen-bond donors (Lipinski definition) is 1. The Morgan fingerprint density at radius 1 is 1.00 bits per heavy atom. The number of methoxy groups -OCH3 is 1. The van der Waals surface area contributed by atoms with Gasteiger partial charge in [-0.3, -0.25) is 0 Å². The van der Waals surface area contributed by atoms with Crippen LogP contribution >= 0.6 is 0 Å². The minimum absolute atomic E-state index is 0.0547. The van der Waals surface area contributed by atoms with Crippen LogP contribution in [0, 0.1) is 17.8 Å². The molecule has 1 N–H and O–H groups in total. The number of phenols is 1. The van der Waals surface area contributed by atoms with E-state index in [9.17, 15) is 9.50 Å². The van der Waals surface area contributed by atoms with Crippen molar-refractivity contribution in [3.05, 3.63) is 48.5 Å². The van der Waals surface area contributed by atoms with Gasteiger partial charge in [0.05, 0.1) is 12.8 Å². The highest BCUT2D eigenvalue weighted by molar-refractivity contribution is 5.74. The Kier molecular flexibility index (Phi) is 6.77. The summed E-state index contributed by atoms with van der Waals surface area (Å²) < 4.78 is 18.6. The van der Waals surface area contributed by atoms with E-state index < -0.39 is 5.95 Å². The predicted octanol–water partition coefficient (Wildman–Crippen LogP) is 5.71. The fourth-order valence-corrected chi connectivity index (χ4v) is 4.65. The fourth-order valence-electron chi connectivity index (χ4n) is 4.65. The van der Waals surface area contributed by atoms with E-state index >= 15 is 0 Å². The molecule has 0 unspecified atom stereocenters. The number of pyridine rings is 1. The Hall–Kier alpha value is -3.22. The largest absolute Gasteiger partial charge is 0.507 e. The monoisotopic (exact) mass is 450 g/mol. The van der Waals surface area contributed by atoms with Crippen LogP contribution in [0.25, 0.3) is 22.4 Å². The molecule has 0 amide bonds. The van der Waals surface area contributed by atoms with Crippen molar-refractivity contribution in [2.45, 2.75) is 45.6 Å². The molecule has 33 heavy (non-hydrogen) atoms. The first-order valence-corrected chi connectivity index (χ1v) is 11.5. The second-order valence-corrected chi connectivity index (χ2v) is 9.25. The van der Waals surface area contributed by atoms with Crippen molar-refractivity contribution in [1.82, 2.24) is 15.2 Å². The Balaban J connectivity index is 1.54. The third-order valence-electron chi connectivity index (χ3n) is 6.69. The summed E-state index contributed by atoms with van der Waals surface area (Å²) in [5.74, 6) is 1.71. The first kappa shape index (κ1) is 23.0. The lowest BCUT2D eigenvalue weighted by Gasteiger charge is -2.30. The molecule has 0 spiro atoms. The molecule has 3 atom stereocenters. The summed E-state index contributed by atoms with van der Waals surface area (Å²) in [5.41, 5.74) is 2.51. The molecule has 0 bridgehead atoms. The number of aromatic nitrogens is 3. The summed E-state index contributed by atoms with van der Waals surface area (Å²) in [5, 5.41) is 19.5. The van der Waals surface area contributed by atoms with Crippen molar-refractivity contribution in [2.75, 3.05) is 19.1 Å². The third kappa shape index (κ3) is 5.07. The molecule has 3 aromatic rings. The van der Waals surface area contributed by atoms with E-state index in [-0.39, 0.29) is 11.5 Å². The van der Waals surface area contributed by atoms with Gasteiger partial charge in [-0.15, -0.1) is 10.2 Å². The molecule has 2 aromatic heterocycles. The molecule has 6 nitrogen and oxygen atoms in total. The minimum Gasteiger partial charge on any atom is -0.507 e. The highest BCUT2D eigenvalue weighted by atomic mass is 19.1. The van der Waals surface area contributed by atoms with E-state index in [1.807, 2.05) is 18.2 Å². The lowest BCUT2D eigenvalue weighted by Crippen LogP contribution is -2.34. The van der Waals surface area contributed by atoms with Gasteiger partial charge in [0.2, 0.25) is 0 Å². The van der Waals surface area contributed by atoms with E-state index in [2.05, 4.69) is 41.0 Å². The molecule has 2 heterocycles. The molecule has 7 heteroatoms. The van der Waals surface area contributed by atoms with Crippen LogP contribution in [-0.2, 0) is 0 Å². The molecule has 1 aliphatic rings. The maximum Gasteiger partial charge on any atom is 0.255 e. The maximum absolute atomic E-state index is 13.6. The first-order valence-electron chi connectivity index (χ1n) is 11.5. The van der Waals surface area contributed by atoms with Gasteiger partial charge < -0.3 is 14.7 Å². The van der Waals surface area contributed by atoms with Gasteiger partial charge in [-0.2, -0.15) is 4.39 Å². The molecular weight excluding hydrogens is 419 g/mol. The summed E-state index contributed by atoms with van der Waals surface area (Å²) >= 11 is 0. The van der Waals surface area contributed by atoms with Crippen LogP contribution in [0.3, 0.4) is 0 Å². The SMILES string of the molecule is COc1cc(-c2ccc(-c3ccc(N(C)[C@H]4C[C@H](C)CC[C@H](C)C4)nn3)c(O)c2)cnc1F. The van der Waals surface area contributed by atoms with Gasteiger partial charge in [-0.25, -0.2) is 4.98 Å². The highest BCUT2D eigenvalue weighted by Gasteiger charge is 2.25. The van der Waals surface area contributed by atoms with E-state index in [4.69, 9.17) is 4.74 Å². The van der Waals surface area contributed by atoms with Crippen LogP contribution in [0.15, 0.2) is 42.6 Å². The van der Waals surface area contributed by atoms with Crippen LogP contribution in [0.2, 0.25) is 0 Å². The summed E-state index contributed by atoms with van der Waals surface area (Å²) in [4.78, 5) is 5.96. The maximum atomic E-state index is 13.6. The van der Waals surface area contributed by atoms with Crippen LogP contribution in [0.5, 0.6) is 11.5 Å². The van der Waals surface area contributed by atoms with E-state index in [1.165, 1.54) is 26.1 Å². The average Bonchev–Trinajstić information content (AvgIpc) is 2.99. The standard InChI is InChI=1S/C26H31FN4O2/c1-16-5-6-17(2)12-20(11-16)31(3)25-10-9-22(29-30-25)21-8-7-18(13-23(21)32)19-14-24(33-4)26(27)28-15-19/h7-10,13-17,20,32H,5-6,11-12H2,1-4H3/t16-,17+,20+. The Morgan fingerprint density at radius 2 is 1.73 bits per heavy atom. The number of nitrogens with zero attached hydrogens (tertiary/aromatic N) is 4. The summed E-state index contributed by atoms with van der Waals surface area (Å²) in [6.07, 6.45) is 6.30. The molecule has 4 rings (SSSR count). The average molecular weight is 451 g/mol. The predicted molar refractivity (Wildman–Crippen MR) is 128 cm³/mol. The van der Waals surface area contributed by atoms with Gasteiger partial charge in [-0.05, 0) is 60.6 Å². The number of anilines is 1. The van der Waals surface area contributed by atoms with Crippen molar-refractivity contribution in [3.8, 4) is 33.9 Å². The molecular formula is C26H31FN4O2. The van der Waals surface area contributed by atoms with Gasteiger partial charge in [0.15, 0.2) is 11.6 Å². The quantitative estimate of drug-likeness (QED) is 0.397.